The topological polar surface area (TPSA) is 73.6 Å². The number of hydrogen-bond acceptors (Lipinski definition) is 5. The zero-order chi connectivity index (χ0) is 19.1. The van der Waals surface area contributed by atoms with E-state index in [0.717, 1.165) is 11.1 Å². The molecular weight excluding hydrogens is 344 g/mol. The van der Waals surface area contributed by atoms with Gasteiger partial charge in [0.05, 0.1) is 20.8 Å². The molecule has 0 spiro atoms. The van der Waals surface area contributed by atoms with E-state index >= 15 is 0 Å². The number of methoxy groups -OCH3 is 2. The summed E-state index contributed by atoms with van der Waals surface area (Å²) >= 11 is 0. The second-order valence-corrected chi connectivity index (χ2v) is 5.71. The molecule has 2 aromatic carbocycles. The van der Waals surface area contributed by atoms with Gasteiger partial charge in [0.2, 0.25) is 5.91 Å². The van der Waals surface area contributed by atoms with Crippen molar-refractivity contribution in [3.8, 4) is 22.8 Å². The second-order valence-electron chi connectivity index (χ2n) is 5.71. The van der Waals surface area contributed by atoms with Crippen LogP contribution in [0.25, 0.3) is 17.4 Å². The number of ether oxygens (including phenoxy) is 2. The Morgan fingerprint density at radius 2 is 1.85 bits per heavy atom. The van der Waals surface area contributed by atoms with Crippen molar-refractivity contribution in [2.75, 3.05) is 14.2 Å². The number of rotatable bonds is 7. The highest BCUT2D eigenvalue weighted by molar-refractivity contribution is 5.91. The molecule has 0 fully saturated rings. The van der Waals surface area contributed by atoms with Gasteiger partial charge in [-0.15, -0.1) is 0 Å². The number of nitrogens with zero attached hydrogens (tertiary/aromatic N) is 1. The van der Waals surface area contributed by atoms with Crippen molar-refractivity contribution in [3.63, 3.8) is 0 Å². The van der Waals surface area contributed by atoms with Gasteiger partial charge in [0.25, 0.3) is 0 Å². The van der Waals surface area contributed by atoms with Gasteiger partial charge in [-0.2, -0.15) is 0 Å². The summed E-state index contributed by atoms with van der Waals surface area (Å²) in [7, 11) is 3.16. The zero-order valence-corrected chi connectivity index (χ0v) is 15.1. The smallest absolute Gasteiger partial charge is 0.244 e. The minimum atomic E-state index is -0.200. The minimum absolute atomic E-state index is 0.200. The molecule has 0 atom stereocenters. The monoisotopic (exact) mass is 364 g/mol. The van der Waals surface area contributed by atoms with Crippen LogP contribution in [0.4, 0.5) is 0 Å². The van der Waals surface area contributed by atoms with Crippen LogP contribution in [0.5, 0.6) is 11.5 Å². The Morgan fingerprint density at radius 1 is 1.07 bits per heavy atom. The summed E-state index contributed by atoms with van der Waals surface area (Å²) in [6.45, 7) is 0.273. The number of hydrogen-bond donors (Lipinski definition) is 1. The minimum Gasteiger partial charge on any atom is -0.493 e. The average molecular weight is 364 g/mol. The van der Waals surface area contributed by atoms with Crippen molar-refractivity contribution < 1.29 is 18.8 Å². The first-order valence-corrected chi connectivity index (χ1v) is 8.38. The van der Waals surface area contributed by atoms with E-state index in [2.05, 4.69) is 10.5 Å². The van der Waals surface area contributed by atoms with Crippen molar-refractivity contribution in [1.29, 1.82) is 0 Å². The Balaban J connectivity index is 1.61. The fourth-order valence-corrected chi connectivity index (χ4v) is 2.49. The maximum atomic E-state index is 11.9. The first-order chi connectivity index (χ1) is 13.2. The molecule has 1 amide bonds. The Morgan fingerprint density at radius 3 is 2.59 bits per heavy atom. The van der Waals surface area contributed by atoms with E-state index < -0.39 is 0 Å². The lowest BCUT2D eigenvalue weighted by Crippen LogP contribution is -2.20. The average Bonchev–Trinajstić information content (AvgIpc) is 3.20. The van der Waals surface area contributed by atoms with Gasteiger partial charge in [0, 0.05) is 17.7 Å². The van der Waals surface area contributed by atoms with Gasteiger partial charge in [-0.1, -0.05) is 35.5 Å². The van der Waals surface area contributed by atoms with Crippen LogP contribution in [0, 0.1) is 0 Å². The van der Waals surface area contributed by atoms with Crippen LogP contribution >= 0.6 is 0 Å². The van der Waals surface area contributed by atoms with Gasteiger partial charge >= 0.3 is 0 Å². The molecule has 0 radical (unpaired) electrons. The summed E-state index contributed by atoms with van der Waals surface area (Å²) in [5.41, 5.74) is 2.40. The Labute approximate surface area is 157 Å². The number of aromatic nitrogens is 1. The first-order valence-electron chi connectivity index (χ1n) is 8.38. The standard InChI is InChI=1S/C21H20N2O4/c1-25-18-10-9-16(12-20(18)26-2)19-13-17(23-27-19)14-22-21(24)11-8-15-6-4-3-5-7-15/h3-13H,14H2,1-2H3,(H,22,24)/b11-8-. The fourth-order valence-electron chi connectivity index (χ4n) is 2.49. The first kappa shape index (κ1) is 18.3. The van der Waals surface area contributed by atoms with Crippen LogP contribution in [0.3, 0.4) is 0 Å². The van der Waals surface area contributed by atoms with Crippen LogP contribution in [0.15, 0.2) is 65.2 Å². The summed E-state index contributed by atoms with van der Waals surface area (Å²) < 4.78 is 15.9. The largest absolute Gasteiger partial charge is 0.493 e. The molecule has 138 valence electrons. The van der Waals surface area contributed by atoms with Crippen molar-refractivity contribution in [3.05, 3.63) is 71.9 Å². The number of amides is 1. The molecule has 0 aliphatic heterocycles. The molecule has 0 aliphatic rings. The quantitative estimate of drug-likeness (QED) is 0.647. The molecule has 0 bridgehead atoms. The van der Waals surface area contributed by atoms with Gasteiger partial charge in [0.15, 0.2) is 17.3 Å². The maximum Gasteiger partial charge on any atom is 0.244 e. The van der Waals surface area contributed by atoms with Crippen LogP contribution < -0.4 is 14.8 Å². The van der Waals surface area contributed by atoms with Crippen LogP contribution in [0.2, 0.25) is 0 Å². The number of carbonyl (C=O) groups is 1. The predicted molar refractivity (Wildman–Crippen MR) is 102 cm³/mol. The van der Waals surface area contributed by atoms with E-state index in [4.69, 9.17) is 14.0 Å². The summed E-state index contributed by atoms with van der Waals surface area (Å²) in [4.78, 5) is 11.9. The molecular formula is C21H20N2O4. The molecule has 0 unspecified atom stereocenters. The van der Waals surface area contributed by atoms with Crippen molar-refractivity contribution >= 4 is 12.0 Å². The Bertz CT molecular complexity index is 932. The van der Waals surface area contributed by atoms with E-state index in [9.17, 15) is 4.79 Å². The molecule has 0 saturated heterocycles. The van der Waals surface area contributed by atoms with Crippen molar-refractivity contribution in [2.24, 2.45) is 0 Å². The summed E-state index contributed by atoms with van der Waals surface area (Å²) in [6.07, 6.45) is 3.25. The normalized spacial score (nSPS) is 10.7. The van der Waals surface area contributed by atoms with E-state index in [-0.39, 0.29) is 12.5 Å². The van der Waals surface area contributed by atoms with Gasteiger partial charge in [-0.25, -0.2) is 0 Å². The molecule has 6 nitrogen and oxygen atoms in total. The van der Waals surface area contributed by atoms with E-state index in [1.54, 1.807) is 32.4 Å². The molecule has 6 heteroatoms. The third-order valence-electron chi connectivity index (χ3n) is 3.90. The SMILES string of the molecule is COc1ccc(-c2cc(CNC(=O)/C=C\c3ccccc3)no2)cc1OC. The Kier molecular flexibility index (Phi) is 5.89. The van der Waals surface area contributed by atoms with E-state index in [1.807, 2.05) is 42.5 Å². The lowest BCUT2D eigenvalue weighted by Gasteiger charge is -2.07. The predicted octanol–water partition coefficient (Wildman–Crippen LogP) is 3.69. The van der Waals surface area contributed by atoms with Crippen LogP contribution in [0.1, 0.15) is 11.3 Å². The lowest BCUT2D eigenvalue weighted by atomic mass is 10.1. The highest BCUT2D eigenvalue weighted by Crippen LogP contribution is 2.32. The molecule has 3 aromatic rings. The van der Waals surface area contributed by atoms with Gasteiger partial charge in [-0.3, -0.25) is 4.79 Å². The number of nitrogens with one attached hydrogen (secondary N) is 1. The third-order valence-corrected chi connectivity index (χ3v) is 3.90. The molecule has 0 aliphatic carbocycles. The van der Waals surface area contributed by atoms with Crippen LogP contribution in [-0.2, 0) is 11.3 Å². The molecule has 27 heavy (non-hydrogen) atoms. The number of benzene rings is 2. The molecule has 3 rings (SSSR count). The zero-order valence-electron chi connectivity index (χ0n) is 15.1. The van der Waals surface area contributed by atoms with Crippen molar-refractivity contribution in [1.82, 2.24) is 10.5 Å². The van der Waals surface area contributed by atoms with Crippen molar-refractivity contribution in [2.45, 2.75) is 6.54 Å². The number of carbonyl (C=O) groups excluding carboxylic acids is 1. The van der Waals surface area contributed by atoms with E-state index in [0.29, 0.717) is 23.0 Å². The molecule has 1 aromatic heterocycles. The third kappa shape index (κ3) is 4.76. The fraction of sp³-hybridized carbons (Fsp3) is 0.143. The van der Waals surface area contributed by atoms with Gasteiger partial charge < -0.3 is 19.3 Å². The lowest BCUT2D eigenvalue weighted by molar-refractivity contribution is -0.116. The van der Waals surface area contributed by atoms with E-state index in [1.165, 1.54) is 6.08 Å². The second kappa shape index (κ2) is 8.71. The molecule has 1 heterocycles. The summed E-state index contributed by atoms with van der Waals surface area (Å²) in [5, 5.41) is 6.78. The van der Waals surface area contributed by atoms with Crippen LogP contribution in [-0.4, -0.2) is 25.3 Å². The molecule has 0 saturated carbocycles. The maximum absolute atomic E-state index is 11.9. The van der Waals surface area contributed by atoms with Gasteiger partial charge in [0.1, 0.15) is 5.69 Å². The highest BCUT2D eigenvalue weighted by atomic mass is 16.5. The Hall–Kier alpha value is -3.54. The van der Waals surface area contributed by atoms with Gasteiger partial charge in [-0.05, 0) is 29.8 Å². The highest BCUT2D eigenvalue weighted by Gasteiger charge is 2.11. The molecule has 1 N–H and O–H groups in total. The summed E-state index contributed by atoms with van der Waals surface area (Å²) in [5.74, 6) is 1.63. The summed E-state index contributed by atoms with van der Waals surface area (Å²) in [6, 6.07) is 16.9.